The Bertz CT molecular complexity index is 831. The fourth-order valence-electron chi connectivity index (χ4n) is 3.64. The van der Waals surface area contributed by atoms with Crippen molar-refractivity contribution in [2.24, 2.45) is 16.6 Å². The Balaban J connectivity index is 1.59. The molecule has 0 amide bonds. The normalized spacial score (nSPS) is 24.6. The molecule has 2 fully saturated rings. The molecule has 0 spiro atoms. The van der Waals surface area contributed by atoms with E-state index in [0.717, 1.165) is 26.2 Å². The second-order valence-electron chi connectivity index (χ2n) is 6.83. The van der Waals surface area contributed by atoms with Crippen LogP contribution in [0.4, 0.5) is 11.5 Å². The monoisotopic (exact) mass is 451 g/mol. The number of aliphatic imine (C=N–C) groups is 1. The number of hydrogen-bond acceptors (Lipinski definition) is 6. The lowest BCUT2D eigenvalue weighted by molar-refractivity contribution is 0.0921. The van der Waals surface area contributed by atoms with Gasteiger partial charge in [-0.15, -0.1) is 0 Å². The van der Waals surface area contributed by atoms with Crippen LogP contribution in [0.5, 0.6) is 0 Å². The van der Waals surface area contributed by atoms with E-state index in [0.29, 0.717) is 11.9 Å². The standard InChI is InChI=1S/C17H22IN7/c18-12(6-19)7-21-14-9-25(17-15(14)16(20)22-10-23-17)13-4-11(5-13)8-24-2-1-3-24/h6-7,9-11,13H,1-5,8,19H2,(H2,20,22,23). The molecule has 1 saturated carbocycles. The Morgan fingerprint density at radius 1 is 1.36 bits per heavy atom. The number of likely N-dealkylation sites (tertiary alicyclic amines) is 1. The molecule has 2 aliphatic rings. The van der Waals surface area contributed by atoms with E-state index in [1.54, 1.807) is 6.21 Å². The molecule has 7 nitrogen and oxygen atoms in total. The fourth-order valence-corrected chi connectivity index (χ4v) is 3.78. The third-order valence-corrected chi connectivity index (χ3v) is 5.81. The number of nitrogens with zero attached hydrogens (tertiary/aromatic N) is 5. The predicted octanol–water partition coefficient (Wildman–Crippen LogP) is 2.61. The zero-order valence-corrected chi connectivity index (χ0v) is 16.1. The summed E-state index contributed by atoms with van der Waals surface area (Å²) in [6.07, 6.45) is 10.6. The highest BCUT2D eigenvalue weighted by atomic mass is 127. The maximum Gasteiger partial charge on any atom is 0.147 e. The largest absolute Gasteiger partial charge is 0.404 e. The molecule has 1 saturated heterocycles. The van der Waals surface area contributed by atoms with Crippen molar-refractivity contribution >= 4 is 51.3 Å². The summed E-state index contributed by atoms with van der Waals surface area (Å²) in [6, 6.07) is 0.469. The lowest BCUT2D eigenvalue weighted by Crippen LogP contribution is -2.43. The number of rotatable bonds is 5. The molecular weight excluding hydrogens is 429 g/mol. The Morgan fingerprint density at radius 2 is 2.16 bits per heavy atom. The van der Waals surface area contributed by atoms with Crippen LogP contribution in [0.25, 0.3) is 11.0 Å². The van der Waals surface area contributed by atoms with Gasteiger partial charge in [0.15, 0.2) is 0 Å². The minimum atomic E-state index is 0.469. The SMILES string of the molecule is NC=C(I)C=Nc1cn(C2CC(CN3CCC3)C2)c2ncnc(N)c12. The Labute approximate surface area is 160 Å². The summed E-state index contributed by atoms with van der Waals surface area (Å²) in [5.41, 5.74) is 13.3. The van der Waals surface area contributed by atoms with E-state index in [1.165, 1.54) is 51.4 Å². The summed E-state index contributed by atoms with van der Waals surface area (Å²) in [7, 11) is 0. The smallest absolute Gasteiger partial charge is 0.147 e. The van der Waals surface area contributed by atoms with E-state index in [9.17, 15) is 0 Å². The van der Waals surface area contributed by atoms with E-state index >= 15 is 0 Å². The molecule has 0 bridgehead atoms. The molecule has 2 aromatic rings. The van der Waals surface area contributed by atoms with Crippen molar-refractivity contribution in [3.8, 4) is 0 Å². The first-order valence-corrected chi connectivity index (χ1v) is 9.68. The van der Waals surface area contributed by atoms with Gasteiger partial charge in [0, 0.05) is 34.8 Å². The first kappa shape index (κ1) is 16.8. The highest BCUT2D eigenvalue weighted by Gasteiger charge is 2.34. The summed E-state index contributed by atoms with van der Waals surface area (Å²) in [4.78, 5) is 15.7. The predicted molar refractivity (Wildman–Crippen MR) is 109 cm³/mol. The number of allylic oxidation sites excluding steroid dienone is 1. The maximum atomic E-state index is 6.10. The van der Waals surface area contributed by atoms with Gasteiger partial charge in [-0.1, -0.05) is 0 Å². The van der Waals surface area contributed by atoms with Gasteiger partial charge in [0.05, 0.1) is 11.1 Å². The van der Waals surface area contributed by atoms with E-state index in [4.69, 9.17) is 11.5 Å². The van der Waals surface area contributed by atoms with Crippen LogP contribution >= 0.6 is 22.6 Å². The molecule has 0 aromatic carbocycles. The average molecular weight is 451 g/mol. The van der Waals surface area contributed by atoms with Crippen LogP contribution in [0.15, 0.2) is 27.3 Å². The topological polar surface area (TPSA) is 98.3 Å². The van der Waals surface area contributed by atoms with Gasteiger partial charge in [-0.3, -0.25) is 4.99 Å². The van der Waals surface area contributed by atoms with E-state index in [2.05, 4.69) is 53.2 Å². The van der Waals surface area contributed by atoms with Crippen molar-refractivity contribution in [2.75, 3.05) is 25.4 Å². The summed E-state index contributed by atoms with van der Waals surface area (Å²) in [5.74, 6) is 1.26. The molecule has 0 atom stereocenters. The summed E-state index contributed by atoms with van der Waals surface area (Å²) < 4.78 is 3.10. The minimum Gasteiger partial charge on any atom is -0.404 e. The van der Waals surface area contributed by atoms with Crippen LogP contribution in [-0.4, -0.2) is 45.3 Å². The molecule has 2 aromatic heterocycles. The Kier molecular flexibility index (Phi) is 4.63. The van der Waals surface area contributed by atoms with Crippen LogP contribution in [0.2, 0.25) is 0 Å². The van der Waals surface area contributed by atoms with Crippen LogP contribution in [0.1, 0.15) is 25.3 Å². The second-order valence-corrected chi connectivity index (χ2v) is 8.08. The first-order valence-electron chi connectivity index (χ1n) is 8.60. The molecule has 1 aliphatic carbocycles. The fraction of sp³-hybridized carbons (Fsp3) is 0.471. The van der Waals surface area contributed by atoms with Crippen molar-refractivity contribution in [3.63, 3.8) is 0 Å². The highest BCUT2D eigenvalue weighted by Crippen LogP contribution is 2.43. The lowest BCUT2D eigenvalue weighted by Gasteiger charge is -2.42. The highest BCUT2D eigenvalue weighted by molar-refractivity contribution is 14.1. The van der Waals surface area contributed by atoms with Gasteiger partial charge in [-0.05, 0) is 60.9 Å². The maximum absolute atomic E-state index is 6.10. The van der Waals surface area contributed by atoms with Crippen LogP contribution in [0, 0.1) is 5.92 Å². The van der Waals surface area contributed by atoms with Gasteiger partial charge in [0.25, 0.3) is 0 Å². The van der Waals surface area contributed by atoms with Crippen LogP contribution in [0.3, 0.4) is 0 Å². The summed E-state index contributed by atoms with van der Waals surface area (Å²) >= 11 is 2.14. The Hall–Kier alpha value is -1.68. The average Bonchev–Trinajstić information content (AvgIpc) is 2.89. The summed E-state index contributed by atoms with van der Waals surface area (Å²) in [5, 5.41) is 0.825. The quantitative estimate of drug-likeness (QED) is 0.538. The van der Waals surface area contributed by atoms with Gasteiger partial charge in [-0.25, -0.2) is 9.97 Å². The van der Waals surface area contributed by atoms with Crippen molar-refractivity contribution in [1.29, 1.82) is 0 Å². The number of fused-ring (bicyclic) bond motifs is 1. The van der Waals surface area contributed by atoms with Gasteiger partial charge >= 0.3 is 0 Å². The van der Waals surface area contributed by atoms with E-state index < -0.39 is 0 Å². The molecule has 1 aliphatic heterocycles. The van der Waals surface area contributed by atoms with Gasteiger partial charge in [0.1, 0.15) is 17.8 Å². The molecule has 3 heterocycles. The number of nitrogens with two attached hydrogens (primary N) is 2. The first-order chi connectivity index (χ1) is 12.2. The van der Waals surface area contributed by atoms with E-state index in [-0.39, 0.29) is 0 Å². The zero-order valence-electron chi connectivity index (χ0n) is 14.0. The molecule has 0 radical (unpaired) electrons. The van der Waals surface area contributed by atoms with Gasteiger partial charge in [0.2, 0.25) is 0 Å². The molecule has 4 N–H and O–H groups in total. The molecular formula is C17H22IN7. The molecule has 8 heteroatoms. The minimum absolute atomic E-state index is 0.469. The van der Waals surface area contributed by atoms with Crippen LogP contribution in [-0.2, 0) is 0 Å². The molecule has 132 valence electrons. The van der Waals surface area contributed by atoms with Gasteiger partial charge < -0.3 is 20.9 Å². The lowest BCUT2D eigenvalue weighted by atomic mass is 9.79. The molecule has 25 heavy (non-hydrogen) atoms. The number of anilines is 1. The third-order valence-electron chi connectivity index (χ3n) is 5.17. The number of halogens is 1. The van der Waals surface area contributed by atoms with Crippen LogP contribution < -0.4 is 11.5 Å². The third kappa shape index (κ3) is 3.24. The number of aromatic nitrogens is 3. The van der Waals surface area contributed by atoms with Gasteiger partial charge in [-0.2, -0.15) is 0 Å². The number of hydrogen-bond donors (Lipinski definition) is 2. The molecule has 0 unspecified atom stereocenters. The van der Waals surface area contributed by atoms with Crippen molar-refractivity contribution in [2.45, 2.75) is 25.3 Å². The molecule has 4 rings (SSSR count). The van der Waals surface area contributed by atoms with Crippen molar-refractivity contribution in [3.05, 3.63) is 22.3 Å². The van der Waals surface area contributed by atoms with Crippen molar-refractivity contribution < 1.29 is 0 Å². The van der Waals surface area contributed by atoms with E-state index in [1.807, 2.05) is 0 Å². The Morgan fingerprint density at radius 3 is 2.84 bits per heavy atom. The summed E-state index contributed by atoms with van der Waals surface area (Å²) in [6.45, 7) is 3.77. The zero-order chi connectivity index (χ0) is 17.4. The number of nitrogen functional groups attached to an aromatic ring is 1. The second kappa shape index (κ2) is 6.91. The van der Waals surface area contributed by atoms with Crippen molar-refractivity contribution in [1.82, 2.24) is 19.4 Å².